The lowest BCUT2D eigenvalue weighted by atomic mass is 9.95. The molecule has 0 aliphatic carbocycles. The fraction of sp³-hybridized carbons (Fsp3) is 0.400. The molecule has 0 radical (unpaired) electrons. The third kappa shape index (κ3) is 3.55. The van der Waals surface area contributed by atoms with E-state index in [1.807, 2.05) is 60.6 Å². The normalized spacial score (nSPS) is 11.8. The van der Waals surface area contributed by atoms with Gasteiger partial charge in [-0.05, 0) is 81.8 Å². The van der Waals surface area contributed by atoms with Gasteiger partial charge in [-0.15, -0.1) is 0 Å². The minimum atomic E-state index is -3.56. The summed E-state index contributed by atoms with van der Waals surface area (Å²) in [7, 11) is -3.56. The first kappa shape index (κ1) is 18.7. The quantitative estimate of drug-likeness (QED) is 0.897. The Kier molecular flexibility index (Phi) is 5.21. The van der Waals surface area contributed by atoms with Crippen molar-refractivity contribution < 1.29 is 8.42 Å². The van der Waals surface area contributed by atoms with Crippen LogP contribution < -0.4 is 4.72 Å². The van der Waals surface area contributed by atoms with Crippen LogP contribution in [-0.4, -0.2) is 8.42 Å². The first-order valence-corrected chi connectivity index (χ1v) is 9.66. The summed E-state index contributed by atoms with van der Waals surface area (Å²) in [6.45, 7) is 14.1. The molecular weight excluding hydrogens is 318 g/mol. The van der Waals surface area contributed by atoms with Crippen molar-refractivity contribution in [2.75, 3.05) is 0 Å². The number of sulfonamides is 1. The minimum Gasteiger partial charge on any atom is -0.207 e. The number of hydrogen-bond acceptors (Lipinski definition) is 2. The van der Waals surface area contributed by atoms with Crippen LogP contribution in [0.25, 0.3) is 0 Å². The van der Waals surface area contributed by atoms with Crippen LogP contribution >= 0.6 is 0 Å². The van der Waals surface area contributed by atoms with Gasteiger partial charge in [-0.25, -0.2) is 13.1 Å². The Labute approximate surface area is 146 Å². The van der Waals surface area contributed by atoms with Crippen LogP contribution in [0.1, 0.15) is 44.5 Å². The second-order valence-electron chi connectivity index (χ2n) is 6.77. The molecule has 1 N–H and O–H groups in total. The molecule has 0 aliphatic heterocycles. The van der Waals surface area contributed by atoms with Crippen molar-refractivity contribution in [3.63, 3.8) is 0 Å². The summed E-state index contributed by atoms with van der Waals surface area (Å²) in [5, 5.41) is 0. The van der Waals surface area contributed by atoms with Gasteiger partial charge in [-0.2, -0.15) is 0 Å². The molecule has 0 bridgehead atoms. The average Bonchev–Trinajstić information content (AvgIpc) is 2.48. The van der Waals surface area contributed by atoms with E-state index in [0.717, 1.165) is 38.9 Å². The standard InChI is InChI=1S/C20H27NO2S/c1-12-8-13(2)10-19(9-12)11-21-24(22,23)20-17(6)15(4)14(3)16(5)18(20)7/h8-10,21H,11H2,1-7H3. The smallest absolute Gasteiger partial charge is 0.207 e. The molecule has 4 heteroatoms. The zero-order chi connectivity index (χ0) is 18.2. The molecule has 0 fully saturated rings. The van der Waals surface area contributed by atoms with Gasteiger partial charge in [0.2, 0.25) is 10.0 Å². The van der Waals surface area contributed by atoms with E-state index in [2.05, 4.69) is 10.8 Å². The molecule has 0 aromatic heterocycles. The average molecular weight is 346 g/mol. The lowest BCUT2D eigenvalue weighted by Gasteiger charge is -2.19. The van der Waals surface area contributed by atoms with Crippen LogP contribution in [0, 0.1) is 48.5 Å². The summed E-state index contributed by atoms with van der Waals surface area (Å²) in [4.78, 5) is 0.424. The number of hydrogen-bond donors (Lipinski definition) is 1. The van der Waals surface area contributed by atoms with Crippen LogP contribution in [0.15, 0.2) is 23.1 Å². The summed E-state index contributed by atoms with van der Waals surface area (Å²) in [5.41, 5.74) is 8.18. The molecule has 0 spiro atoms. The van der Waals surface area contributed by atoms with E-state index in [-0.39, 0.29) is 0 Å². The molecule has 24 heavy (non-hydrogen) atoms. The maximum Gasteiger partial charge on any atom is 0.241 e. The Hall–Kier alpha value is -1.65. The summed E-state index contributed by atoms with van der Waals surface area (Å²) >= 11 is 0. The maximum atomic E-state index is 12.9. The van der Waals surface area contributed by atoms with E-state index in [0.29, 0.717) is 11.4 Å². The Balaban J connectivity index is 2.41. The SMILES string of the molecule is Cc1cc(C)cc(CNS(=O)(=O)c2c(C)c(C)c(C)c(C)c2C)c1. The lowest BCUT2D eigenvalue weighted by molar-refractivity contribution is 0.579. The molecule has 0 saturated carbocycles. The van der Waals surface area contributed by atoms with E-state index < -0.39 is 10.0 Å². The van der Waals surface area contributed by atoms with Crippen molar-refractivity contribution in [3.05, 3.63) is 62.7 Å². The van der Waals surface area contributed by atoms with Crippen LogP contribution in [0.5, 0.6) is 0 Å². The topological polar surface area (TPSA) is 46.2 Å². The van der Waals surface area contributed by atoms with Crippen LogP contribution in [0.2, 0.25) is 0 Å². The van der Waals surface area contributed by atoms with E-state index in [1.54, 1.807) is 0 Å². The van der Waals surface area contributed by atoms with E-state index in [1.165, 1.54) is 5.56 Å². The fourth-order valence-electron chi connectivity index (χ4n) is 3.29. The van der Waals surface area contributed by atoms with Crippen molar-refractivity contribution in [3.8, 4) is 0 Å². The fourth-order valence-corrected chi connectivity index (χ4v) is 4.90. The van der Waals surface area contributed by atoms with Crippen LogP contribution in [0.3, 0.4) is 0 Å². The number of nitrogens with one attached hydrogen (secondary N) is 1. The molecule has 2 aromatic rings. The zero-order valence-electron chi connectivity index (χ0n) is 15.7. The summed E-state index contributed by atoms with van der Waals surface area (Å²) < 4.78 is 28.6. The molecule has 0 heterocycles. The molecule has 0 aliphatic rings. The van der Waals surface area contributed by atoms with E-state index in [4.69, 9.17) is 0 Å². The van der Waals surface area contributed by atoms with Crippen molar-refractivity contribution in [2.45, 2.75) is 59.9 Å². The molecule has 0 amide bonds. The van der Waals surface area contributed by atoms with Crippen molar-refractivity contribution in [2.24, 2.45) is 0 Å². The predicted molar refractivity (Wildman–Crippen MR) is 100 cm³/mol. The zero-order valence-corrected chi connectivity index (χ0v) is 16.5. The second kappa shape index (κ2) is 6.69. The highest BCUT2D eigenvalue weighted by atomic mass is 32.2. The van der Waals surface area contributed by atoms with Gasteiger partial charge < -0.3 is 0 Å². The predicted octanol–water partition coefficient (Wildman–Crippen LogP) is 4.32. The molecule has 2 aromatic carbocycles. The largest absolute Gasteiger partial charge is 0.241 e. The molecular formula is C20H27NO2S. The Bertz CT molecular complexity index is 847. The first-order valence-electron chi connectivity index (χ1n) is 8.18. The van der Waals surface area contributed by atoms with E-state index in [9.17, 15) is 8.42 Å². The van der Waals surface area contributed by atoms with Crippen LogP contribution in [-0.2, 0) is 16.6 Å². The molecule has 0 saturated heterocycles. The highest BCUT2D eigenvalue weighted by Gasteiger charge is 2.23. The molecule has 2 rings (SSSR count). The Morgan fingerprint density at radius 1 is 0.708 bits per heavy atom. The van der Waals surface area contributed by atoms with Gasteiger partial charge >= 0.3 is 0 Å². The Morgan fingerprint density at radius 3 is 1.58 bits per heavy atom. The van der Waals surface area contributed by atoms with Crippen molar-refractivity contribution >= 4 is 10.0 Å². The lowest BCUT2D eigenvalue weighted by Crippen LogP contribution is -2.25. The van der Waals surface area contributed by atoms with E-state index >= 15 is 0 Å². The molecule has 3 nitrogen and oxygen atoms in total. The monoisotopic (exact) mass is 345 g/mol. The van der Waals surface area contributed by atoms with Gasteiger partial charge in [0.25, 0.3) is 0 Å². The minimum absolute atomic E-state index is 0.301. The van der Waals surface area contributed by atoms with Gasteiger partial charge in [0.1, 0.15) is 0 Å². The highest BCUT2D eigenvalue weighted by molar-refractivity contribution is 7.89. The third-order valence-electron chi connectivity index (χ3n) is 4.95. The summed E-state index contributed by atoms with van der Waals surface area (Å²) in [6.07, 6.45) is 0. The first-order chi connectivity index (χ1) is 11.0. The van der Waals surface area contributed by atoms with Gasteiger partial charge in [0, 0.05) is 6.54 Å². The second-order valence-corrected chi connectivity index (χ2v) is 8.48. The van der Waals surface area contributed by atoms with Crippen molar-refractivity contribution in [1.29, 1.82) is 0 Å². The van der Waals surface area contributed by atoms with Crippen LogP contribution in [0.4, 0.5) is 0 Å². The maximum absolute atomic E-state index is 12.9. The Morgan fingerprint density at radius 2 is 1.12 bits per heavy atom. The van der Waals surface area contributed by atoms with Gasteiger partial charge in [-0.3, -0.25) is 0 Å². The number of rotatable bonds is 4. The summed E-state index contributed by atoms with van der Waals surface area (Å²) in [5.74, 6) is 0. The highest BCUT2D eigenvalue weighted by Crippen LogP contribution is 2.29. The van der Waals surface area contributed by atoms with Gasteiger partial charge in [-0.1, -0.05) is 29.3 Å². The number of benzene rings is 2. The summed E-state index contributed by atoms with van der Waals surface area (Å²) in [6, 6.07) is 6.11. The molecule has 0 unspecified atom stereocenters. The van der Waals surface area contributed by atoms with Gasteiger partial charge in [0.05, 0.1) is 4.90 Å². The number of aryl methyl sites for hydroxylation is 2. The van der Waals surface area contributed by atoms with Crippen molar-refractivity contribution in [1.82, 2.24) is 4.72 Å². The third-order valence-corrected chi connectivity index (χ3v) is 6.62. The molecule has 130 valence electrons. The molecule has 0 atom stereocenters. The van der Waals surface area contributed by atoms with Gasteiger partial charge in [0.15, 0.2) is 0 Å².